The second kappa shape index (κ2) is 7.68. The Hall–Kier alpha value is -2.05. The molecule has 0 aliphatic heterocycles. The molecule has 0 bridgehead atoms. The summed E-state index contributed by atoms with van der Waals surface area (Å²) in [5, 5.41) is 3.32. The summed E-state index contributed by atoms with van der Waals surface area (Å²) >= 11 is 5.91. The Bertz CT molecular complexity index is 810. The molecule has 7 heteroatoms. The number of hydrogen-bond acceptors (Lipinski definition) is 3. The summed E-state index contributed by atoms with van der Waals surface area (Å²) in [6, 6.07) is 14.8. The number of hydrogen-bond donors (Lipinski definition) is 1. The summed E-state index contributed by atoms with van der Waals surface area (Å²) in [4.78, 5) is 12.4. The fourth-order valence-corrected chi connectivity index (χ4v) is 3.76. The lowest BCUT2D eigenvalue weighted by Gasteiger charge is -2.28. The lowest BCUT2D eigenvalue weighted by atomic mass is 10.2. The number of rotatable bonds is 6. The highest BCUT2D eigenvalue weighted by atomic mass is 35.5. The van der Waals surface area contributed by atoms with Gasteiger partial charge < -0.3 is 5.32 Å². The van der Waals surface area contributed by atoms with Gasteiger partial charge in [-0.2, -0.15) is 0 Å². The normalized spacial score (nSPS) is 12.5. The second-order valence-corrected chi connectivity index (χ2v) is 7.71. The van der Waals surface area contributed by atoms with Crippen LogP contribution in [0.3, 0.4) is 0 Å². The number of para-hydroxylation sites is 1. The molecule has 0 heterocycles. The first-order chi connectivity index (χ1) is 11.3. The van der Waals surface area contributed by atoms with E-state index in [0.717, 1.165) is 16.1 Å². The van der Waals surface area contributed by atoms with Gasteiger partial charge in [-0.1, -0.05) is 41.9 Å². The standard InChI is InChI=1S/C17H19ClN2O3S/c1-13(17(21)19-12-14-7-6-8-15(18)11-14)20(24(2,22)23)16-9-4-3-5-10-16/h3-11,13H,12H2,1-2H3,(H,19,21). The zero-order valence-electron chi connectivity index (χ0n) is 13.4. The summed E-state index contributed by atoms with van der Waals surface area (Å²) in [6.45, 7) is 1.83. The van der Waals surface area contributed by atoms with E-state index in [2.05, 4.69) is 5.32 Å². The third kappa shape index (κ3) is 4.72. The predicted octanol–water partition coefficient (Wildman–Crippen LogP) is 2.81. The number of carbonyl (C=O) groups excluding carboxylic acids is 1. The predicted molar refractivity (Wildman–Crippen MR) is 96.5 cm³/mol. The van der Waals surface area contributed by atoms with Gasteiger partial charge in [-0.05, 0) is 36.8 Å². The molecule has 0 aliphatic carbocycles. The lowest BCUT2D eigenvalue weighted by molar-refractivity contribution is -0.122. The molecule has 1 unspecified atom stereocenters. The van der Waals surface area contributed by atoms with Crippen LogP contribution in [0.5, 0.6) is 0 Å². The van der Waals surface area contributed by atoms with Gasteiger partial charge in [-0.15, -0.1) is 0 Å². The van der Waals surface area contributed by atoms with Crippen molar-refractivity contribution in [3.05, 3.63) is 65.2 Å². The third-order valence-electron chi connectivity index (χ3n) is 3.45. The van der Waals surface area contributed by atoms with E-state index in [-0.39, 0.29) is 12.5 Å². The number of benzene rings is 2. The van der Waals surface area contributed by atoms with Gasteiger partial charge in [0.2, 0.25) is 15.9 Å². The molecule has 1 atom stereocenters. The molecule has 5 nitrogen and oxygen atoms in total. The molecule has 0 radical (unpaired) electrons. The van der Waals surface area contributed by atoms with E-state index < -0.39 is 16.1 Å². The highest BCUT2D eigenvalue weighted by molar-refractivity contribution is 7.92. The first kappa shape index (κ1) is 18.3. The van der Waals surface area contributed by atoms with Crippen molar-refractivity contribution in [2.75, 3.05) is 10.6 Å². The van der Waals surface area contributed by atoms with Crippen molar-refractivity contribution in [2.45, 2.75) is 19.5 Å². The maximum atomic E-state index is 12.4. The number of nitrogens with zero attached hydrogens (tertiary/aromatic N) is 1. The Morgan fingerprint density at radius 1 is 1.17 bits per heavy atom. The van der Waals surface area contributed by atoms with Crippen LogP contribution < -0.4 is 9.62 Å². The fourth-order valence-electron chi connectivity index (χ4n) is 2.37. The minimum Gasteiger partial charge on any atom is -0.350 e. The maximum absolute atomic E-state index is 12.4. The first-order valence-electron chi connectivity index (χ1n) is 7.35. The largest absolute Gasteiger partial charge is 0.350 e. The number of amides is 1. The van der Waals surface area contributed by atoms with Crippen LogP contribution in [0.4, 0.5) is 5.69 Å². The van der Waals surface area contributed by atoms with Crippen LogP contribution in [-0.4, -0.2) is 26.6 Å². The van der Waals surface area contributed by atoms with E-state index in [4.69, 9.17) is 11.6 Å². The summed E-state index contributed by atoms with van der Waals surface area (Å²) in [6.07, 6.45) is 1.08. The van der Waals surface area contributed by atoms with Crippen molar-refractivity contribution >= 4 is 33.2 Å². The van der Waals surface area contributed by atoms with E-state index in [1.54, 1.807) is 55.5 Å². The van der Waals surface area contributed by atoms with Crippen molar-refractivity contribution in [1.29, 1.82) is 0 Å². The fraction of sp³-hybridized carbons (Fsp3) is 0.235. The van der Waals surface area contributed by atoms with Gasteiger partial charge in [0.15, 0.2) is 0 Å². The maximum Gasteiger partial charge on any atom is 0.243 e. The average molecular weight is 367 g/mol. The van der Waals surface area contributed by atoms with Crippen LogP contribution in [0.2, 0.25) is 5.02 Å². The van der Waals surface area contributed by atoms with Crippen LogP contribution in [-0.2, 0) is 21.4 Å². The molecular formula is C17H19ClN2O3S. The minimum atomic E-state index is -3.60. The number of halogens is 1. The summed E-state index contributed by atoms with van der Waals surface area (Å²) in [5.74, 6) is -0.385. The van der Waals surface area contributed by atoms with Gasteiger partial charge in [-0.25, -0.2) is 8.42 Å². The summed E-state index contributed by atoms with van der Waals surface area (Å²) in [5.41, 5.74) is 1.29. The smallest absolute Gasteiger partial charge is 0.243 e. The molecule has 2 rings (SSSR count). The third-order valence-corrected chi connectivity index (χ3v) is 4.93. The molecule has 128 valence electrons. The second-order valence-electron chi connectivity index (χ2n) is 5.42. The van der Waals surface area contributed by atoms with Crippen molar-refractivity contribution in [1.82, 2.24) is 5.32 Å². The average Bonchev–Trinajstić information content (AvgIpc) is 2.52. The Labute approximate surface area is 147 Å². The molecule has 0 saturated heterocycles. The molecule has 24 heavy (non-hydrogen) atoms. The molecule has 0 spiro atoms. The van der Waals surface area contributed by atoms with Gasteiger partial charge in [-0.3, -0.25) is 9.10 Å². The molecule has 0 fully saturated rings. The number of sulfonamides is 1. The first-order valence-corrected chi connectivity index (χ1v) is 9.58. The quantitative estimate of drug-likeness (QED) is 0.854. The van der Waals surface area contributed by atoms with Crippen molar-refractivity contribution in [3.63, 3.8) is 0 Å². The highest BCUT2D eigenvalue weighted by Crippen LogP contribution is 2.20. The van der Waals surface area contributed by atoms with Crippen LogP contribution >= 0.6 is 11.6 Å². The van der Waals surface area contributed by atoms with Gasteiger partial charge in [0, 0.05) is 11.6 Å². The van der Waals surface area contributed by atoms with E-state index in [0.29, 0.717) is 10.7 Å². The molecule has 1 amide bonds. The number of anilines is 1. The van der Waals surface area contributed by atoms with Crippen LogP contribution in [0.15, 0.2) is 54.6 Å². The topological polar surface area (TPSA) is 66.5 Å². The van der Waals surface area contributed by atoms with Crippen LogP contribution in [0.1, 0.15) is 12.5 Å². The number of carbonyl (C=O) groups is 1. The van der Waals surface area contributed by atoms with Gasteiger partial charge in [0.25, 0.3) is 0 Å². The van der Waals surface area contributed by atoms with Crippen molar-refractivity contribution < 1.29 is 13.2 Å². The van der Waals surface area contributed by atoms with E-state index in [1.807, 2.05) is 6.07 Å². The highest BCUT2D eigenvalue weighted by Gasteiger charge is 2.28. The molecule has 0 aliphatic rings. The van der Waals surface area contributed by atoms with Gasteiger partial charge in [0.1, 0.15) is 6.04 Å². The Kier molecular flexibility index (Phi) is 5.85. The zero-order chi connectivity index (χ0) is 17.7. The van der Waals surface area contributed by atoms with E-state index in [1.165, 1.54) is 0 Å². The Morgan fingerprint density at radius 3 is 2.42 bits per heavy atom. The molecular weight excluding hydrogens is 348 g/mol. The van der Waals surface area contributed by atoms with Gasteiger partial charge >= 0.3 is 0 Å². The molecule has 0 aromatic heterocycles. The summed E-state index contributed by atoms with van der Waals surface area (Å²) < 4.78 is 25.4. The molecule has 0 saturated carbocycles. The zero-order valence-corrected chi connectivity index (χ0v) is 15.0. The van der Waals surface area contributed by atoms with Crippen LogP contribution in [0, 0.1) is 0 Å². The number of nitrogens with one attached hydrogen (secondary N) is 1. The molecule has 1 N–H and O–H groups in total. The monoisotopic (exact) mass is 366 g/mol. The lowest BCUT2D eigenvalue weighted by Crippen LogP contribution is -2.47. The molecule has 2 aromatic rings. The Balaban J connectivity index is 2.14. The van der Waals surface area contributed by atoms with Crippen LogP contribution in [0.25, 0.3) is 0 Å². The minimum absolute atomic E-state index is 0.274. The van der Waals surface area contributed by atoms with E-state index >= 15 is 0 Å². The summed E-state index contributed by atoms with van der Waals surface area (Å²) in [7, 11) is -3.60. The molecule has 2 aromatic carbocycles. The van der Waals surface area contributed by atoms with Crippen molar-refractivity contribution in [3.8, 4) is 0 Å². The SMILES string of the molecule is CC(C(=O)NCc1cccc(Cl)c1)N(c1ccccc1)S(C)(=O)=O. The van der Waals surface area contributed by atoms with E-state index in [9.17, 15) is 13.2 Å². The Morgan fingerprint density at radius 2 is 1.83 bits per heavy atom. The van der Waals surface area contributed by atoms with Gasteiger partial charge in [0.05, 0.1) is 11.9 Å². The van der Waals surface area contributed by atoms with Crippen molar-refractivity contribution in [2.24, 2.45) is 0 Å².